The minimum absolute atomic E-state index is 0.161. The van der Waals surface area contributed by atoms with E-state index < -0.39 is 0 Å². The number of hydrogen-bond acceptors (Lipinski definition) is 6. The Morgan fingerprint density at radius 2 is 1.00 bits per heavy atom. The van der Waals surface area contributed by atoms with Crippen molar-refractivity contribution in [1.82, 2.24) is 15.1 Å². The molecule has 0 aliphatic carbocycles. The lowest BCUT2D eigenvalue weighted by atomic mass is 9.92. The Morgan fingerprint density at radius 1 is 0.604 bits per heavy atom. The number of nitrogens with one attached hydrogen (secondary N) is 1. The summed E-state index contributed by atoms with van der Waals surface area (Å²) in [6.45, 7) is 2.74. The zero-order valence-corrected chi connectivity index (χ0v) is 29.2. The fraction of sp³-hybridized carbons (Fsp3) is 0.700. The van der Waals surface area contributed by atoms with Crippen LogP contribution in [0.5, 0.6) is 0 Å². The van der Waals surface area contributed by atoms with Crippen molar-refractivity contribution in [3.63, 3.8) is 0 Å². The normalized spacial score (nSPS) is 33.9. The average Bonchev–Trinajstić information content (AvgIpc) is 3.58. The highest BCUT2D eigenvalue weighted by Crippen LogP contribution is 2.38. The molecule has 2 aromatic rings. The van der Waals surface area contributed by atoms with Crippen molar-refractivity contribution in [2.75, 3.05) is 33.9 Å². The second-order valence-electron chi connectivity index (χ2n) is 15.6. The number of ether oxygens (including phenoxy) is 2. The van der Waals surface area contributed by atoms with Gasteiger partial charge in [0.05, 0.1) is 13.2 Å². The molecule has 0 radical (unpaired) electrons. The Kier molecular flexibility index (Phi) is 12.9. The van der Waals surface area contributed by atoms with Crippen molar-refractivity contribution >= 4 is 0 Å². The lowest BCUT2D eigenvalue weighted by Crippen LogP contribution is -2.41. The summed E-state index contributed by atoms with van der Waals surface area (Å²) in [5.74, 6) is 1.58. The van der Waals surface area contributed by atoms with Crippen LogP contribution in [0, 0.1) is 29.4 Å². The third kappa shape index (κ3) is 9.43. The Hall–Kier alpha value is -1.94. The largest absolute Gasteiger partial charge is 0.396 e. The highest BCUT2D eigenvalue weighted by Gasteiger charge is 2.39. The minimum atomic E-state index is -0.164. The molecule has 266 valence electrons. The van der Waals surface area contributed by atoms with Gasteiger partial charge in [-0.3, -0.25) is 0 Å². The molecule has 2 N–H and O–H groups in total. The smallest absolute Gasteiger partial charge is 0.128 e. The molecule has 6 aliphatic rings. The summed E-state index contributed by atoms with van der Waals surface area (Å²) >= 11 is 0. The van der Waals surface area contributed by atoms with E-state index in [-0.39, 0.29) is 11.6 Å². The van der Waals surface area contributed by atoms with Crippen LogP contribution in [0.2, 0.25) is 0 Å². The van der Waals surface area contributed by atoms with E-state index in [2.05, 4.69) is 29.2 Å². The lowest BCUT2D eigenvalue weighted by Gasteiger charge is -2.36. The molecular weight excluding hydrogens is 608 g/mol. The Labute approximate surface area is 287 Å². The maximum atomic E-state index is 13.5. The summed E-state index contributed by atoms with van der Waals surface area (Å²) in [5, 5.41) is 12.6. The summed E-state index contributed by atoms with van der Waals surface area (Å²) in [4.78, 5) is 5.04. The molecular formula is C40H59F2N3O3. The van der Waals surface area contributed by atoms with Crippen molar-refractivity contribution in [3.8, 4) is 0 Å². The number of aliphatic hydroxyl groups excluding tert-OH is 1. The number of piperidine rings is 3. The molecule has 6 fully saturated rings. The molecule has 6 heterocycles. The number of fused-ring (bicyclic) bond motifs is 6. The molecule has 8 heteroatoms. The number of halogens is 2. The Balaban J connectivity index is 0.000000130. The highest BCUT2D eigenvalue weighted by atomic mass is 19.1. The third-order valence-corrected chi connectivity index (χ3v) is 12.4. The van der Waals surface area contributed by atoms with Gasteiger partial charge in [0.15, 0.2) is 0 Å². The van der Waals surface area contributed by atoms with Crippen LogP contribution < -0.4 is 5.32 Å². The van der Waals surface area contributed by atoms with E-state index in [0.717, 1.165) is 37.4 Å². The van der Waals surface area contributed by atoms with Gasteiger partial charge < -0.3 is 29.7 Å². The van der Waals surface area contributed by atoms with E-state index in [1.807, 2.05) is 12.1 Å². The summed E-state index contributed by atoms with van der Waals surface area (Å²) in [6.07, 6.45) is 15.4. The Bertz CT molecular complexity index is 1240. The van der Waals surface area contributed by atoms with Crippen LogP contribution in [0.4, 0.5) is 8.78 Å². The maximum Gasteiger partial charge on any atom is 0.128 e. The van der Waals surface area contributed by atoms with Crippen molar-refractivity contribution in [1.29, 1.82) is 0 Å². The van der Waals surface area contributed by atoms with Gasteiger partial charge in [0.25, 0.3) is 0 Å². The topological polar surface area (TPSA) is 57.2 Å². The van der Waals surface area contributed by atoms with Crippen molar-refractivity contribution < 1.29 is 23.4 Å². The van der Waals surface area contributed by atoms with E-state index in [1.54, 1.807) is 24.3 Å². The molecule has 6 unspecified atom stereocenters. The van der Waals surface area contributed by atoms with Gasteiger partial charge in [-0.05, 0) is 121 Å². The first-order valence-corrected chi connectivity index (χ1v) is 18.8. The number of aliphatic hydroxyl groups is 1. The van der Waals surface area contributed by atoms with Gasteiger partial charge in [-0.15, -0.1) is 0 Å². The molecule has 0 saturated carbocycles. The predicted octanol–water partition coefficient (Wildman–Crippen LogP) is 6.94. The zero-order chi connectivity index (χ0) is 33.5. The van der Waals surface area contributed by atoms with E-state index in [1.165, 1.54) is 89.2 Å². The van der Waals surface area contributed by atoms with E-state index >= 15 is 0 Å². The SMILES string of the molecule is CN1C2CCC1CC(CO)C2.CN1C2CCC1CC(COCc1ccccc1F)C2.Fc1ccccc1COCC1CC2CCC(C1)N2. The maximum absolute atomic E-state index is 13.5. The standard InChI is InChI=1S/C16H22FNO.C15H20FNO.C9H17NO/c1-18-14-6-7-15(18)9-12(8-14)10-19-11-13-4-2-3-5-16(13)17;16-15-4-2-1-3-12(15)10-18-9-11-7-13-5-6-14(8-11)17-13;1-10-8-2-3-9(10)5-7(4-8)6-11/h2-5,12,14-15H,6-11H2,1H3;1-4,11,13-14,17H,5-10H2;7-9,11H,2-6H2,1H3. The van der Waals surface area contributed by atoms with Gasteiger partial charge in [0, 0.05) is 67.2 Å². The molecule has 6 nitrogen and oxygen atoms in total. The summed E-state index contributed by atoms with van der Waals surface area (Å²) in [5.41, 5.74) is 1.33. The van der Waals surface area contributed by atoms with Crippen LogP contribution in [0.15, 0.2) is 48.5 Å². The van der Waals surface area contributed by atoms with Gasteiger partial charge in [-0.2, -0.15) is 0 Å². The first-order valence-electron chi connectivity index (χ1n) is 18.8. The molecule has 6 bridgehead atoms. The zero-order valence-electron chi connectivity index (χ0n) is 29.2. The van der Waals surface area contributed by atoms with Gasteiger partial charge in [0.1, 0.15) is 11.6 Å². The summed E-state index contributed by atoms with van der Waals surface area (Å²) in [7, 11) is 4.48. The van der Waals surface area contributed by atoms with E-state index in [9.17, 15) is 8.78 Å². The van der Waals surface area contributed by atoms with E-state index in [0.29, 0.717) is 60.8 Å². The number of benzene rings is 2. The first-order chi connectivity index (χ1) is 23.4. The van der Waals surface area contributed by atoms with Gasteiger partial charge >= 0.3 is 0 Å². The van der Waals surface area contributed by atoms with Crippen LogP contribution in [-0.2, 0) is 22.7 Å². The predicted molar refractivity (Wildman–Crippen MR) is 186 cm³/mol. The molecule has 2 aromatic carbocycles. The molecule has 6 aliphatic heterocycles. The molecule has 0 aromatic heterocycles. The molecule has 6 saturated heterocycles. The quantitative estimate of drug-likeness (QED) is 0.302. The van der Waals surface area contributed by atoms with Gasteiger partial charge in [-0.25, -0.2) is 8.78 Å². The van der Waals surface area contributed by atoms with Crippen LogP contribution in [0.25, 0.3) is 0 Å². The molecule has 8 rings (SSSR count). The number of rotatable bonds is 9. The van der Waals surface area contributed by atoms with Crippen LogP contribution in [0.1, 0.15) is 88.2 Å². The second-order valence-corrected chi connectivity index (χ2v) is 15.6. The van der Waals surface area contributed by atoms with Crippen molar-refractivity contribution in [2.24, 2.45) is 17.8 Å². The summed E-state index contributed by atoms with van der Waals surface area (Å²) < 4.78 is 38.3. The van der Waals surface area contributed by atoms with Gasteiger partial charge in [0.2, 0.25) is 0 Å². The summed E-state index contributed by atoms with van der Waals surface area (Å²) in [6, 6.07) is 18.2. The van der Waals surface area contributed by atoms with Crippen molar-refractivity contribution in [2.45, 2.75) is 127 Å². The van der Waals surface area contributed by atoms with Crippen molar-refractivity contribution in [3.05, 3.63) is 71.3 Å². The molecule has 0 amide bonds. The van der Waals surface area contributed by atoms with Crippen LogP contribution in [0.3, 0.4) is 0 Å². The second kappa shape index (κ2) is 17.3. The molecule has 48 heavy (non-hydrogen) atoms. The number of nitrogens with zero attached hydrogens (tertiary/aromatic N) is 2. The van der Waals surface area contributed by atoms with Crippen LogP contribution >= 0.6 is 0 Å². The molecule has 0 spiro atoms. The van der Waals surface area contributed by atoms with E-state index in [4.69, 9.17) is 14.6 Å². The minimum Gasteiger partial charge on any atom is -0.396 e. The lowest BCUT2D eigenvalue weighted by molar-refractivity contribution is 0.0396. The fourth-order valence-electron chi connectivity index (χ4n) is 9.55. The van der Waals surface area contributed by atoms with Crippen LogP contribution in [-0.4, -0.2) is 85.1 Å². The first kappa shape index (κ1) is 35.9. The van der Waals surface area contributed by atoms with Gasteiger partial charge in [-0.1, -0.05) is 36.4 Å². The third-order valence-electron chi connectivity index (χ3n) is 12.4. The fourth-order valence-corrected chi connectivity index (χ4v) is 9.55. The average molecular weight is 668 g/mol. The monoisotopic (exact) mass is 667 g/mol. The Morgan fingerprint density at radius 3 is 1.42 bits per heavy atom. The molecule has 6 atom stereocenters. The highest BCUT2D eigenvalue weighted by molar-refractivity contribution is 5.17. The number of hydrogen-bond donors (Lipinski definition) is 2.